The summed E-state index contributed by atoms with van der Waals surface area (Å²) in [5.74, 6) is -0.525. The number of hydrogen-bond donors (Lipinski definition) is 1. The summed E-state index contributed by atoms with van der Waals surface area (Å²) in [7, 11) is 0. The van der Waals surface area contributed by atoms with Crippen molar-refractivity contribution in [2.45, 2.75) is 6.18 Å². The highest BCUT2D eigenvalue weighted by Gasteiger charge is 2.31. The Kier molecular flexibility index (Phi) is 6.49. The second-order valence-electron chi connectivity index (χ2n) is 8.18. The fourth-order valence-electron chi connectivity index (χ4n) is 3.79. The second kappa shape index (κ2) is 9.92. The fourth-order valence-corrected chi connectivity index (χ4v) is 3.95. The monoisotopic (exact) mass is 532 g/mol. The summed E-state index contributed by atoms with van der Waals surface area (Å²) in [6, 6.07) is 22.7. The van der Waals surface area contributed by atoms with Gasteiger partial charge in [0.15, 0.2) is 5.76 Å². The molecule has 1 N–H and O–H groups in total. The molecule has 2 heterocycles. The molecule has 0 unspecified atom stereocenters. The number of alkyl halides is 3. The zero-order valence-electron chi connectivity index (χ0n) is 19.3. The number of furan rings is 1. The van der Waals surface area contributed by atoms with Gasteiger partial charge in [0.05, 0.1) is 22.0 Å². The van der Waals surface area contributed by atoms with Gasteiger partial charge in [-0.25, -0.2) is 4.68 Å². The lowest BCUT2D eigenvalue weighted by Crippen LogP contribution is -2.15. The highest BCUT2D eigenvalue weighted by molar-refractivity contribution is 6.34. The van der Waals surface area contributed by atoms with Crippen LogP contribution in [0.15, 0.2) is 95.0 Å². The van der Waals surface area contributed by atoms with Crippen LogP contribution in [-0.2, 0) is 11.0 Å². The van der Waals surface area contributed by atoms with Gasteiger partial charge in [0.1, 0.15) is 22.9 Å². The van der Waals surface area contributed by atoms with Crippen LogP contribution in [0.3, 0.4) is 0 Å². The molecular weight excluding hydrogens is 517 g/mol. The zero-order valence-corrected chi connectivity index (χ0v) is 20.1. The van der Waals surface area contributed by atoms with Crippen LogP contribution in [0.1, 0.15) is 11.1 Å². The van der Waals surface area contributed by atoms with Gasteiger partial charge in [0.2, 0.25) is 0 Å². The van der Waals surface area contributed by atoms with E-state index >= 15 is 0 Å². The normalized spacial score (nSPS) is 11.9. The van der Waals surface area contributed by atoms with E-state index in [1.165, 1.54) is 6.08 Å². The Morgan fingerprint density at radius 3 is 2.50 bits per heavy atom. The highest BCUT2D eigenvalue weighted by Crippen LogP contribution is 2.34. The van der Waals surface area contributed by atoms with Gasteiger partial charge in [-0.15, -0.1) is 0 Å². The molecule has 5 aromatic rings. The summed E-state index contributed by atoms with van der Waals surface area (Å²) in [5, 5.41) is 17.4. The quantitative estimate of drug-likeness (QED) is 0.187. The highest BCUT2D eigenvalue weighted by atomic mass is 35.5. The molecular formula is C28H16ClF3N4O2. The van der Waals surface area contributed by atoms with Crippen LogP contribution in [0.2, 0.25) is 5.02 Å². The number of amides is 1. The lowest BCUT2D eigenvalue weighted by Gasteiger charge is -2.11. The maximum Gasteiger partial charge on any atom is 0.416 e. The van der Waals surface area contributed by atoms with Crippen LogP contribution >= 0.6 is 11.6 Å². The van der Waals surface area contributed by atoms with Gasteiger partial charge in [-0.05, 0) is 48.5 Å². The molecule has 10 heteroatoms. The van der Waals surface area contributed by atoms with Gasteiger partial charge in [0.25, 0.3) is 5.91 Å². The summed E-state index contributed by atoms with van der Waals surface area (Å²) in [6.07, 6.45) is -1.71. The Morgan fingerprint density at radius 2 is 1.79 bits per heavy atom. The zero-order chi connectivity index (χ0) is 26.9. The maximum atomic E-state index is 13.1. The Balaban J connectivity index is 1.56. The number of carbonyl (C=O) groups is 1. The minimum atomic E-state index is -4.63. The standard InChI is InChI=1S/C28H16ClF3N4O2/c29-22-11-10-20(28(30,31)32)14-23(22)34-27(37)18(15-33)12-19-16-36(21-7-2-1-3-8-21)35-26(19)25-13-17-6-4-5-9-24(17)38-25/h1-14,16H,(H,34,37)/b18-12+. The van der Waals surface area contributed by atoms with E-state index in [1.54, 1.807) is 29.1 Å². The van der Waals surface area contributed by atoms with Crippen molar-refractivity contribution in [3.05, 3.63) is 107 Å². The number of nitrogens with zero attached hydrogens (tertiary/aromatic N) is 3. The van der Waals surface area contributed by atoms with Gasteiger partial charge in [-0.3, -0.25) is 4.79 Å². The van der Waals surface area contributed by atoms with Gasteiger partial charge in [-0.1, -0.05) is 48.0 Å². The Bertz CT molecular complexity index is 1700. The Labute approximate surface area is 219 Å². The number of nitriles is 1. The number of carbonyl (C=O) groups excluding carboxylic acids is 1. The lowest BCUT2D eigenvalue weighted by molar-refractivity contribution is -0.137. The van der Waals surface area contributed by atoms with Crippen LogP contribution in [0.5, 0.6) is 0 Å². The van der Waals surface area contributed by atoms with Crippen LogP contribution in [0, 0.1) is 11.3 Å². The second-order valence-corrected chi connectivity index (χ2v) is 8.59. The predicted molar refractivity (Wildman–Crippen MR) is 137 cm³/mol. The molecule has 0 bridgehead atoms. The number of aromatic nitrogens is 2. The SMILES string of the molecule is N#C/C(=C\c1cn(-c2ccccc2)nc1-c1cc2ccccc2o1)C(=O)Nc1cc(C(F)(F)F)ccc1Cl. The molecule has 38 heavy (non-hydrogen) atoms. The Morgan fingerprint density at radius 1 is 1.05 bits per heavy atom. The number of para-hydroxylation sites is 2. The topological polar surface area (TPSA) is 83.8 Å². The number of nitrogens with one attached hydrogen (secondary N) is 1. The summed E-state index contributed by atoms with van der Waals surface area (Å²) in [4.78, 5) is 12.9. The van der Waals surface area contributed by atoms with E-state index in [-0.39, 0.29) is 16.3 Å². The first-order chi connectivity index (χ1) is 18.2. The number of fused-ring (bicyclic) bond motifs is 1. The lowest BCUT2D eigenvalue weighted by atomic mass is 10.1. The van der Waals surface area contributed by atoms with E-state index in [0.717, 1.165) is 23.2 Å². The molecule has 0 aliphatic heterocycles. The molecule has 0 spiro atoms. The molecule has 0 atom stereocenters. The molecule has 0 aliphatic carbocycles. The summed E-state index contributed by atoms with van der Waals surface area (Å²) >= 11 is 6.00. The van der Waals surface area contributed by atoms with Crippen molar-refractivity contribution in [1.82, 2.24) is 9.78 Å². The molecule has 188 valence electrons. The third-order valence-electron chi connectivity index (χ3n) is 5.63. The van der Waals surface area contributed by atoms with E-state index in [4.69, 9.17) is 16.0 Å². The van der Waals surface area contributed by atoms with Gasteiger partial charge < -0.3 is 9.73 Å². The summed E-state index contributed by atoms with van der Waals surface area (Å²) in [6.45, 7) is 0. The average molecular weight is 533 g/mol. The molecule has 0 fully saturated rings. The third kappa shape index (κ3) is 5.03. The van der Waals surface area contributed by atoms with Crippen molar-refractivity contribution in [3.8, 4) is 23.2 Å². The number of halogens is 4. The van der Waals surface area contributed by atoms with Crippen molar-refractivity contribution in [2.24, 2.45) is 0 Å². The number of benzene rings is 3. The minimum absolute atomic E-state index is 0.108. The molecule has 0 saturated heterocycles. The van der Waals surface area contributed by atoms with E-state index in [2.05, 4.69) is 10.4 Å². The first kappa shape index (κ1) is 24.9. The summed E-state index contributed by atoms with van der Waals surface area (Å²) < 4.78 is 46.9. The number of anilines is 1. The van der Waals surface area contributed by atoms with Crippen LogP contribution in [0.4, 0.5) is 18.9 Å². The molecule has 3 aromatic carbocycles. The molecule has 5 rings (SSSR count). The summed E-state index contributed by atoms with van der Waals surface area (Å²) in [5.41, 5.74) is 0.467. The molecule has 0 aliphatic rings. The minimum Gasteiger partial charge on any atom is -0.454 e. The van der Waals surface area contributed by atoms with Crippen molar-refractivity contribution in [3.63, 3.8) is 0 Å². The van der Waals surface area contributed by atoms with Gasteiger partial charge in [0, 0.05) is 17.1 Å². The predicted octanol–water partition coefficient (Wildman–Crippen LogP) is 7.50. The number of rotatable bonds is 5. The molecule has 0 saturated carbocycles. The van der Waals surface area contributed by atoms with Crippen LogP contribution < -0.4 is 5.32 Å². The van der Waals surface area contributed by atoms with Crippen molar-refractivity contribution in [1.29, 1.82) is 5.26 Å². The first-order valence-electron chi connectivity index (χ1n) is 11.2. The fraction of sp³-hybridized carbons (Fsp3) is 0.0357. The van der Waals surface area contributed by atoms with E-state index in [1.807, 2.05) is 48.5 Å². The van der Waals surface area contributed by atoms with Gasteiger partial charge >= 0.3 is 6.18 Å². The molecule has 2 aromatic heterocycles. The van der Waals surface area contributed by atoms with Crippen LogP contribution in [-0.4, -0.2) is 15.7 Å². The first-order valence-corrected chi connectivity index (χ1v) is 11.5. The van der Waals surface area contributed by atoms with Crippen molar-refractivity contribution in [2.75, 3.05) is 5.32 Å². The van der Waals surface area contributed by atoms with E-state index < -0.39 is 17.6 Å². The van der Waals surface area contributed by atoms with Crippen molar-refractivity contribution < 1.29 is 22.4 Å². The number of hydrogen-bond acceptors (Lipinski definition) is 4. The molecule has 6 nitrogen and oxygen atoms in total. The average Bonchev–Trinajstić information content (AvgIpc) is 3.52. The van der Waals surface area contributed by atoms with E-state index in [0.29, 0.717) is 28.7 Å². The van der Waals surface area contributed by atoms with Gasteiger partial charge in [-0.2, -0.15) is 23.5 Å². The smallest absolute Gasteiger partial charge is 0.416 e. The largest absolute Gasteiger partial charge is 0.454 e. The third-order valence-corrected chi connectivity index (χ3v) is 5.96. The van der Waals surface area contributed by atoms with Crippen molar-refractivity contribution >= 4 is 40.2 Å². The Hall–Kier alpha value is -4.81. The maximum absolute atomic E-state index is 13.1. The molecule has 1 amide bonds. The molecule has 0 radical (unpaired) electrons. The van der Waals surface area contributed by atoms with Crippen LogP contribution in [0.25, 0.3) is 34.2 Å². The van der Waals surface area contributed by atoms with E-state index in [9.17, 15) is 23.2 Å².